The molecule has 21 heavy (non-hydrogen) atoms. The number of nitrogens with one attached hydrogen (secondary N) is 1. The average molecular weight is 293 g/mol. The zero-order valence-corrected chi connectivity index (χ0v) is 13.0. The van der Waals surface area contributed by atoms with Gasteiger partial charge >= 0.3 is 5.97 Å². The summed E-state index contributed by atoms with van der Waals surface area (Å²) in [6.07, 6.45) is 0.198. The van der Waals surface area contributed by atoms with Crippen molar-refractivity contribution < 1.29 is 19.4 Å². The summed E-state index contributed by atoms with van der Waals surface area (Å²) in [5.41, 5.74) is 2.20. The lowest BCUT2D eigenvalue weighted by Gasteiger charge is -2.18. The van der Waals surface area contributed by atoms with Gasteiger partial charge in [0.25, 0.3) is 0 Å². The van der Waals surface area contributed by atoms with Crippen LogP contribution in [0.5, 0.6) is 5.75 Å². The van der Waals surface area contributed by atoms with E-state index in [2.05, 4.69) is 5.32 Å². The van der Waals surface area contributed by atoms with Crippen molar-refractivity contribution in [3.8, 4) is 5.75 Å². The van der Waals surface area contributed by atoms with Crippen molar-refractivity contribution in [2.75, 3.05) is 6.61 Å². The molecule has 0 spiro atoms. The van der Waals surface area contributed by atoms with Gasteiger partial charge in [-0.05, 0) is 44.9 Å². The lowest BCUT2D eigenvalue weighted by atomic mass is 10.0. The summed E-state index contributed by atoms with van der Waals surface area (Å²) in [7, 11) is 0. The van der Waals surface area contributed by atoms with Crippen LogP contribution >= 0.6 is 0 Å². The lowest BCUT2D eigenvalue weighted by Crippen LogP contribution is -2.40. The summed E-state index contributed by atoms with van der Waals surface area (Å²) in [5.74, 6) is -0.973. The van der Waals surface area contributed by atoms with E-state index < -0.39 is 17.9 Å². The molecular formula is C16H23NO4. The van der Waals surface area contributed by atoms with E-state index in [-0.39, 0.29) is 18.9 Å². The fourth-order valence-electron chi connectivity index (χ4n) is 1.80. The fourth-order valence-corrected chi connectivity index (χ4v) is 1.80. The van der Waals surface area contributed by atoms with Crippen LogP contribution in [0.25, 0.3) is 0 Å². The second-order valence-corrected chi connectivity index (χ2v) is 5.28. The number of carbonyl (C=O) groups is 2. The van der Waals surface area contributed by atoms with Gasteiger partial charge in [-0.2, -0.15) is 0 Å². The van der Waals surface area contributed by atoms with E-state index in [4.69, 9.17) is 9.84 Å². The molecule has 1 aromatic carbocycles. The molecule has 2 N–H and O–H groups in total. The van der Waals surface area contributed by atoms with E-state index in [1.165, 1.54) is 0 Å². The van der Waals surface area contributed by atoms with E-state index >= 15 is 0 Å². The summed E-state index contributed by atoms with van der Waals surface area (Å²) in [6, 6.07) is 5.38. The Morgan fingerprint density at radius 3 is 2.57 bits per heavy atom. The number of ether oxygens (including phenoxy) is 1. The lowest BCUT2D eigenvalue weighted by molar-refractivity contribution is -0.142. The zero-order valence-electron chi connectivity index (χ0n) is 13.0. The zero-order chi connectivity index (χ0) is 16.0. The highest BCUT2D eigenvalue weighted by Crippen LogP contribution is 2.20. The van der Waals surface area contributed by atoms with Crippen LogP contribution in [-0.2, 0) is 9.59 Å². The first-order chi connectivity index (χ1) is 9.82. The monoisotopic (exact) mass is 293 g/mol. The third-order valence-corrected chi connectivity index (χ3v) is 3.67. The predicted molar refractivity (Wildman–Crippen MR) is 80.4 cm³/mol. The highest BCUT2D eigenvalue weighted by atomic mass is 16.5. The SMILES string of the molecule is Cc1cccc(OCCC(=O)NC(C)C(C)C(=O)O)c1C. The van der Waals surface area contributed by atoms with Gasteiger partial charge in [-0.3, -0.25) is 9.59 Å². The van der Waals surface area contributed by atoms with Crippen molar-refractivity contribution in [1.29, 1.82) is 0 Å². The number of carbonyl (C=O) groups excluding carboxylic acids is 1. The molecule has 5 heteroatoms. The average Bonchev–Trinajstić information content (AvgIpc) is 2.42. The quantitative estimate of drug-likeness (QED) is 0.809. The fraction of sp³-hybridized carbons (Fsp3) is 0.500. The molecule has 0 aromatic heterocycles. The Morgan fingerprint density at radius 2 is 1.95 bits per heavy atom. The minimum atomic E-state index is -0.922. The molecule has 1 rings (SSSR count). The van der Waals surface area contributed by atoms with Crippen LogP contribution in [0.1, 0.15) is 31.4 Å². The molecule has 0 aliphatic carbocycles. The highest BCUT2D eigenvalue weighted by Gasteiger charge is 2.20. The highest BCUT2D eigenvalue weighted by molar-refractivity contribution is 5.78. The van der Waals surface area contributed by atoms with Crippen molar-refractivity contribution in [1.82, 2.24) is 5.32 Å². The number of carboxylic acid groups (broad SMARTS) is 1. The second kappa shape index (κ2) is 7.67. The van der Waals surface area contributed by atoms with E-state index in [1.807, 2.05) is 32.0 Å². The molecule has 0 aliphatic heterocycles. The molecule has 0 aliphatic rings. The summed E-state index contributed by atoms with van der Waals surface area (Å²) in [6.45, 7) is 7.50. The van der Waals surface area contributed by atoms with Crippen molar-refractivity contribution in [3.63, 3.8) is 0 Å². The topological polar surface area (TPSA) is 75.6 Å². The minimum Gasteiger partial charge on any atom is -0.493 e. The smallest absolute Gasteiger partial charge is 0.308 e. The van der Waals surface area contributed by atoms with Gasteiger partial charge in [0.05, 0.1) is 18.9 Å². The number of aryl methyl sites for hydroxylation is 1. The predicted octanol–water partition coefficient (Wildman–Crippen LogP) is 2.30. The van der Waals surface area contributed by atoms with Crippen LogP contribution in [0.15, 0.2) is 18.2 Å². The molecule has 0 fully saturated rings. The molecule has 0 saturated heterocycles. The molecule has 5 nitrogen and oxygen atoms in total. The maximum absolute atomic E-state index is 11.7. The number of benzene rings is 1. The van der Waals surface area contributed by atoms with Gasteiger partial charge in [0, 0.05) is 6.04 Å². The van der Waals surface area contributed by atoms with E-state index in [0.717, 1.165) is 16.9 Å². The summed E-state index contributed by atoms with van der Waals surface area (Å²) in [5, 5.41) is 11.5. The van der Waals surface area contributed by atoms with E-state index in [9.17, 15) is 9.59 Å². The molecule has 1 aromatic rings. The number of rotatable bonds is 7. The molecule has 1 amide bonds. The molecule has 2 atom stereocenters. The number of hydrogen-bond acceptors (Lipinski definition) is 3. The number of hydrogen-bond donors (Lipinski definition) is 2. The Morgan fingerprint density at radius 1 is 1.29 bits per heavy atom. The van der Waals surface area contributed by atoms with Gasteiger partial charge in [-0.1, -0.05) is 12.1 Å². The molecule has 0 radical (unpaired) electrons. The molecule has 0 saturated carbocycles. The minimum absolute atomic E-state index is 0.198. The Hall–Kier alpha value is -2.04. The van der Waals surface area contributed by atoms with E-state index in [0.29, 0.717) is 0 Å². The van der Waals surface area contributed by atoms with Crippen LogP contribution in [-0.4, -0.2) is 29.6 Å². The van der Waals surface area contributed by atoms with Gasteiger partial charge in [-0.25, -0.2) is 0 Å². The first-order valence-corrected chi connectivity index (χ1v) is 7.04. The van der Waals surface area contributed by atoms with Crippen molar-refractivity contribution >= 4 is 11.9 Å². The molecule has 0 heterocycles. The maximum Gasteiger partial charge on any atom is 0.308 e. The van der Waals surface area contributed by atoms with Crippen LogP contribution in [0.4, 0.5) is 0 Å². The molecule has 2 unspecified atom stereocenters. The van der Waals surface area contributed by atoms with Crippen LogP contribution < -0.4 is 10.1 Å². The van der Waals surface area contributed by atoms with Crippen molar-refractivity contribution in [2.45, 2.75) is 40.2 Å². The normalized spacial score (nSPS) is 13.3. The summed E-state index contributed by atoms with van der Waals surface area (Å²) in [4.78, 5) is 22.6. The molecule has 0 bridgehead atoms. The van der Waals surface area contributed by atoms with Crippen molar-refractivity contribution in [2.24, 2.45) is 5.92 Å². The molecular weight excluding hydrogens is 270 g/mol. The summed E-state index contributed by atoms with van der Waals surface area (Å²) >= 11 is 0. The summed E-state index contributed by atoms with van der Waals surface area (Å²) < 4.78 is 5.60. The first-order valence-electron chi connectivity index (χ1n) is 7.04. The van der Waals surface area contributed by atoms with Gasteiger partial charge in [0.15, 0.2) is 0 Å². The first kappa shape index (κ1) is 17.0. The third-order valence-electron chi connectivity index (χ3n) is 3.67. The van der Waals surface area contributed by atoms with Crippen LogP contribution in [0.3, 0.4) is 0 Å². The number of amides is 1. The Bertz CT molecular complexity index is 513. The standard InChI is InChI=1S/C16H23NO4/c1-10-6-5-7-14(11(10)2)21-9-8-15(18)17-13(4)12(3)16(19)20/h5-7,12-13H,8-9H2,1-4H3,(H,17,18)(H,19,20). The van der Waals surface area contributed by atoms with Crippen LogP contribution in [0.2, 0.25) is 0 Å². The van der Waals surface area contributed by atoms with Gasteiger partial charge in [0.2, 0.25) is 5.91 Å². The Labute approximate surface area is 125 Å². The third kappa shape index (κ3) is 5.10. The second-order valence-electron chi connectivity index (χ2n) is 5.28. The number of aliphatic carboxylic acids is 1. The maximum atomic E-state index is 11.7. The van der Waals surface area contributed by atoms with Gasteiger partial charge < -0.3 is 15.2 Å². The van der Waals surface area contributed by atoms with Crippen molar-refractivity contribution in [3.05, 3.63) is 29.3 Å². The molecule has 116 valence electrons. The Balaban J connectivity index is 2.40. The number of carboxylic acids is 1. The Kier molecular flexibility index (Phi) is 6.21. The van der Waals surface area contributed by atoms with Gasteiger partial charge in [0.1, 0.15) is 5.75 Å². The van der Waals surface area contributed by atoms with E-state index in [1.54, 1.807) is 13.8 Å². The van der Waals surface area contributed by atoms with Crippen LogP contribution in [0, 0.1) is 19.8 Å². The van der Waals surface area contributed by atoms with Gasteiger partial charge in [-0.15, -0.1) is 0 Å². The largest absolute Gasteiger partial charge is 0.493 e.